The lowest BCUT2D eigenvalue weighted by Crippen LogP contribution is -2.24. The fourth-order valence-corrected chi connectivity index (χ4v) is 5.08. The van der Waals surface area contributed by atoms with Crippen molar-refractivity contribution in [2.45, 2.75) is 63.9 Å². The molecule has 0 bridgehead atoms. The molecule has 2 atom stereocenters. The number of hydrogen-bond acceptors (Lipinski definition) is 8. The van der Waals surface area contributed by atoms with Crippen LogP contribution in [0.4, 0.5) is 0 Å². The van der Waals surface area contributed by atoms with Crippen molar-refractivity contribution < 1.29 is 38.1 Å². The highest BCUT2D eigenvalue weighted by Crippen LogP contribution is 2.49. The van der Waals surface area contributed by atoms with Crippen molar-refractivity contribution in [3.8, 4) is 23.0 Å². The number of ether oxygens (including phenoxy) is 5. The van der Waals surface area contributed by atoms with Gasteiger partial charge in [0.15, 0.2) is 0 Å². The fourth-order valence-electron chi connectivity index (χ4n) is 5.08. The first-order chi connectivity index (χ1) is 18.4. The Labute approximate surface area is 222 Å². The first-order valence-electron chi connectivity index (χ1n) is 12.9. The highest BCUT2D eigenvalue weighted by Gasteiger charge is 2.37. The molecular formula is C30H34O8. The summed E-state index contributed by atoms with van der Waals surface area (Å²) in [5.74, 6) is 0.586. The van der Waals surface area contributed by atoms with Gasteiger partial charge in [-0.25, -0.2) is 4.79 Å². The highest BCUT2D eigenvalue weighted by atomic mass is 16.5. The highest BCUT2D eigenvalue weighted by molar-refractivity contribution is 5.99. The normalized spacial score (nSPS) is 20.4. The molecule has 2 aliphatic heterocycles. The molecule has 38 heavy (non-hydrogen) atoms. The molecule has 2 aromatic carbocycles. The van der Waals surface area contributed by atoms with Crippen LogP contribution in [0, 0.1) is 0 Å². The number of allylic oxidation sites excluding steroid dienone is 1. The maximum Gasteiger partial charge on any atom is 0.342 e. The molecule has 202 valence electrons. The van der Waals surface area contributed by atoms with Crippen molar-refractivity contribution >= 4 is 23.8 Å². The lowest BCUT2D eigenvalue weighted by Gasteiger charge is -2.29. The number of hydrogen-bond donors (Lipinski definition) is 0. The zero-order chi connectivity index (χ0) is 27.2. The molecule has 0 spiro atoms. The Hall–Kier alpha value is -3.81. The molecule has 0 N–H and O–H groups in total. The minimum absolute atomic E-state index is 0.0418. The summed E-state index contributed by atoms with van der Waals surface area (Å²) in [5.41, 5.74) is 2.13. The van der Waals surface area contributed by atoms with Gasteiger partial charge < -0.3 is 23.7 Å². The maximum absolute atomic E-state index is 13.6. The Kier molecular flexibility index (Phi) is 8.71. The molecule has 0 aromatic heterocycles. The van der Waals surface area contributed by atoms with Crippen molar-refractivity contribution in [1.82, 2.24) is 0 Å². The topological polar surface area (TPSA) is 97.4 Å². The second-order valence-corrected chi connectivity index (χ2v) is 9.57. The van der Waals surface area contributed by atoms with Gasteiger partial charge in [0.05, 0.1) is 33.9 Å². The Bertz CT molecular complexity index is 1250. The third-order valence-electron chi connectivity index (χ3n) is 6.98. The van der Waals surface area contributed by atoms with E-state index in [1.807, 2.05) is 19.1 Å². The number of rotatable bonds is 4. The molecule has 0 saturated heterocycles. The van der Waals surface area contributed by atoms with Crippen LogP contribution in [0.2, 0.25) is 0 Å². The van der Waals surface area contributed by atoms with Crippen molar-refractivity contribution in [3.05, 3.63) is 52.6 Å². The minimum Gasteiger partial charge on any atom is -0.497 e. The molecule has 2 aliphatic rings. The van der Waals surface area contributed by atoms with E-state index in [1.54, 1.807) is 38.5 Å². The number of Topliss-reactive ketones (excluding diaryl/α,β-unsaturated/α-hetero) is 1. The number of cyclic esters (lactones) is 1. The largest absolute Gasteiger partial charge is 0.497 e. The number of fused-ring (bicyclic) bond motifs is 2. The van der Waals surface area contributed by atoms with E-state index >= 15 is 0 Å². The molecule has 0 radical (unpaired) electrons. The predicted octanol–water partition coefficient (Wildman–Crippen LogP) is 5.64. The summed E-state index contributed by atoms with van der Waals surface area (Å²) in [6.45, 7) is 1.82. The molecule has 2 unspecified atom stereocenters. The number of carbonyl (C=O) groups is 3. The van der Waals surface area contributed by atoms with Crippen LogP contribution in [-0.4, -0.2) is 45.2 Å². The standard InChI is InChI=1S/C30H34O8/c1-18-9-8-12-20(31)11-7-5-6-10-19-15-25-28(29(36-4)27(19)30(33)37-18)23(17-26(32)38-25)22-14-13-21(34-2)16-24(22)35-3/h6,10,13-16,18,23H,5,7-9,11-12,17H2,1-4H3. The van der Waals surface area contributed by atoms with Gasteiger partial charge in [-0.3, -0.25) is 9.59 Å². The Morgan fingerprint density at radius 1 is 0.947 bits per heavy atom. The Balaban J connectivity index is 1.88. The van der Waals surface area contributed by atoms with Crippen LogP contribution in [0.1, 0.15) is 84.8 Å². The maximum atomic E-state index is 13.6. The van der Waals surface area contributed by atoms with Gasteiger partial charge in [0, 0.05) is 36.0 Å². The number of esters is 2. The second-order valence-electron chi connectivity index (χ2n) is 9.57. The molecule has 4 rings (SSSR count). The average Bonchev–Trinajstić information content (AvgIpc) is 2.90. The van der Waals surface area contributed by atoms with Crippen LogP contribution in [0.25, 0.3) is 6.08 Å². The van der Waals surface area contributed by atoms with Gasteiger partial charge >= 0.3 is 11.9 Å². The van der Waals surface area contributed by atoms with Crippen LogP contribution in [0.5, 0.6) is 23.0 Å². The summed E-state index contributed by atoms with van der Waals surface area (Å²) < 4.78 is 28.3. The van der Waals surface area contributed by atoms with Gasteiger partial charge in [-0.05, 0) is 50.3 Å². The van der Waals surface area contributed by atoms with Gasteiger partial charge in [-0.1, -0.05) is 18.2 Å². The smallest absolute Gasteiger partial charge is 0.342 e. The zero-order valence-electron chi connectivity index (χ0n) is 22.3. The van der Waals surface area contributed by atoms with E-state index in [0.29, 0.717) is 66.2 Å². The quantitative estimate of drug-likeness (QED) is 0.376. The van der Waals surface area contributed by atoms with Crippen molar-refractivity contribution in [2.75, 3.05) is 21.3 Å². The summed E-state index contributed by atoms with van der Waals surface area (Å²) >= 11 is 0. The first-order valence-corrected chi connectivity index (χ1v) is 12.9. The van der Waals surface area contributed by atoms with E-state index < -0.39 is 17.9 Å². The van der Waals surface area contributed by atoms with Crippen molar-refractivity contribution in [3.63, 3.8) is 0 Å². The van der Waals surface area contributed by atoms with E-state index in [0.717, 1.165) is 12.0 Å². The minimum atomic E-state index is -0.530. The Morgan fingerprint density at radius 3 is 2.47 bits per heavy atom. The molecule has 8 heteroatoms. The van der Waals surface area contributed by atoms with Gasteiger partial charge in [0.25, 0.3) is 0 Å². The number of benzene rings is 2. The van der Waals surface area contributed by atoms with Crippen LogP contribution in [0.15, 0.2) is 30.3 Å². The molecule has 0 amide bonds. The molecule has 0 fully saturated rings. The van der Waals surface area contributed by atoms with E-state index in [2.05, 4.69) is 0 Å². The number of methoxy groups -OCH3 is 3. The predicted molar refractivity (Wildman–Crippen MR) is 141 cm³/mol. The Morgan fingerprint density at radius 2 is 1.74 bits per heavy atom. The van der Waals surface area contributed by atoms with E-state index in [1.165, 1.54) is 7.11 Å². The summed E-state index contributed by atoms with van der Waals surface area (Å²) in [6.07, 6.45) is 7.00. The molecule has 0 aliphatic carbocycles. The molecule has 0 saturated carbocycles. The summed E-state index contributed by atoms with van der Waals surface area (Å²) in [4.78, 5) is 38.4. The van der Waals surface area contributed by atoms with Gasteiger partial charge in [-0.15, -0.1) is 0 Å². The SMILES string of the molecule is COc1ccc(C2CC(=O)Oc3cc4c(c(OC)c32)C(=O)OC(C)CCCC(=O)CCCC=C4)c(OC)c1. The van der Waals surface area contributed by atoms with Crippen molar-refractivity contribution in [2.24, 2.45) is 0 Å². The van der Waals surface area contributed by atoms with Crippen LogP contribution in [-0.2, 0) is 14.3 Å². The summed E-state index contributed by atoms with van der Waals surface area (Å²) in [5, 5.41) is 0. The van der Waals surface area contributed by atoms with E-state index in [9.17, 15) is 14.4 Å². The zero-order valence-corrected chi connectivity index (χ0v) is 22.3. The van der Waals surface area contributed by atoms with Gasteiger partial charge in [0.2, 0.25) is 0 Å². The first kappa shape index (κ1) is 27.2. The van der Waals surface area contributed by atoms with E-state index in [4.69, 9.17) is 23.7 Å². The molecule has 2 heterocycles. The summed E-state index contributed by atoms with van der Waals surface area (Å²) in [6, 6.07) is 7.08. The monoisotopic (exact) mass is 522 g/mol. The third kappa shape index (κ3) is 5.85. The fraction of sp³-hybridized carbons (Fsp3) is 0.433. The van der Waals surface area contributed by atoms with Gasteiger partial charge in [0.1, 0.15) is 34.3 Å². The third-order valence-corrected chi connectivity index (χ3v) is 6.98. The number of carbonyl (C=O) groups excluding carboxylic acids is 3. The molecule has 2 aromatic rings. The van der Waals surface area contributed by atoms with Crippen molar-refractivity contribution in [1.29, 1.82) is 0 Å². The van der Waals surface area contributed by atoms with Crippen LogP contribution < -0.4 is 18.9 Å². The lowest BCUT2D eigenvalue weighted by atomic mass is 9.83. The van der Waals surface area contributed by atoms with Crippen LogP contribution >= 0.6 is 0 Å². The van der Waals surface area contributed by atoms with Crippen LogP contribution in [0.3, 0.4) is 0 Å². The number of ketones is 1. The lowest BCUT2D eigenvalue weighted by molar-refractivity contribution is -0.135. The van der Waals surface area contributed by atoms with E-state index in [-0.39, 0.29) is 23.9 Å². The molecular weight excluding hydrogens is 488 g/mol. The molecule has 8 nitrogen and oxygen atoms in total. The van der Waals surface area contributed by atoms with Gasteiger partial charge in [-0.2, -0.15) is 0 Å². The second kappa shape index (κ2) is 12.2. The summed E-state index contributed by atoms with van der Waals surface area (Å²) in [7, 11) is 4.61. The average molecular weight is 523 g/mol.